The van der Waals surface area contributed by atoms with Crippen molar-refractivity contribution < 1.29 is 13.9 Å². The van der Waals surface area contributed by atoms with Crippen molar-refractivity contribution in [1.82, 2.24) is 0 Å². The predicted octanol–water partition coefficient (Wildman–Crippen LogP) is 2.17. The molecule has 0 bridgehead atoms. The molecule has 1 aliphatic rings. The van der Waals surface area contributed by atoms with Crippen LogP contribution in [0.5, 0.6) is 0 Å². The number of hydrogen-bond donors (Lipinski definition) is 0. The summed E-state index contributed by atoms with van der Waals surface area (Å²) in [6.07, 6.45) is 2.59. The summed E-state index contributed by atoms with van der Waals surface area (Å²) >= 11 is 0. The van der Waals surface area contributed by atoms with E-state index in [9.17, 15) is 9.18 Å². The van der Waals surface area contributed by atoms with Crippen LogP contribution in [0.1, 0.15) is 18.4 Å². The van der Waals surface area contributed by atoms with Crippen LogP contribution in [0.2, 0.25) is 0 Å². The van der Waals surface area contributed by atoms with Gasteiger partial charge >= 0.3 is 0 Å². The highest BCUT2D eigenvalue weighted by atomic mass is 19.1. The number of halogens is 1. The zero-order valence-corrected chi connectivity index (χ0v) is 8.78. The topological polar surface area (TPSA) is 38.7 Å². The zero-order valence-electron chi connectivity index (χ0n) is 8.78. The van der Waals surface area contributed by atoms with Crippen molar-refractivity contribution in [2.24, 2.45) is 4.99 Å². The molecule has 1 aromatic rings. The third kappa shape index (κ3) is 1.90. The summed E-state index contributed by atoms with van der Waals surface area (Å²) in [7, 11) is 0. The van der Waals surface area contributed by atoms with Crippen LogP contribution in [-0.2, 0) is 15.1 Å². The number of nitrogens with zero attached hydrogens (tertiary/aromatic N) is 1. The summed E-state index contributed by atoms with van der Waals surface area (Å²) in [6.45, 7) is 0.971. The molecule has 1 aliphatic heterocycles. The van der Waals surface area contributed by atoms with E-state index in [0.29, 0.717) is 31.6 Å². The van der Waals surface area contributed by atoms with E-state index in [1.54, 1.807) is 24.3 Å². The Morgan fingerprint density at radius 3 is 2.62 bits per heavy atom. The summed E-state index contributed by atoms with van der Waals surface area (Å²) in [4.78, 5) is 14.3. The summed E-state index contributed by atoms with van der Waals surface area (Å²) in [5.74, 6) is -0.330. The largest absolute Gasteiger partial charge is 0.381 e. The quantitative estimate of drug-likeness (QED) is 0.567. The molecule has 0 N–H and O–H groups in total. The second kappa shape index (κ2) is 4.56. The monoisotopic (exact) mass is 221 g/mol. The van der Waals surface area contributed by atoms with Crippen molar-refractivity contribution in [2.75, 3.05) is 13.2 Å². The van der Waals surface area contributed by atoms with E-state index in [4.69, 9.17) is 4.74 Å². The Kier molecular flexibility index (Phi) is 3.13. The lowest BCUT2D eigenvalue weighted by Gasteiger charge is -2.32. The molecule has 0 radical (unpaired) electrons. The minimum absolute atomic E-state index is 0.330. The highest BCUT2D eigenvalue weighted by molar-refractivity contribution is 5.38. The molecule has 0 aromatic heterocycles. The highest BCUT2D eigenvalue weighted by Gasteiger charge is 2.36. The van der Waals surface area contributed by atoms with Gasteiger partial charge in [0.05, 0.1) is 0 Å². The van der Waals surface area contributed by atoms with Crippen molar-refractivity contribution >= 4 is 6.08 Å². The molecule has 84 valence electrons. The van der Waals surface area contributed by atoms with Crippen LogP contribution >= 0.6 is 0 Å². The van der Waals surface area contributed by atoms with E-state index in [1.165, 1.54) is 6.07 Å². The third-order valence-electron chi connectivity index (χ3n) is 2.95. The van der Waals surface area contributed by atoms with Crippen LogP contribution in [0.4, 0.5) is 4.39 Å². The van der Waals surface area contributed by atoms with Gasteiger partial charge in [0, 0.05) is 31.6 Å². The van der Waals surface area contributed by atoms with Gasteiger partial charge in [0.2, 0.25) is 6.08 Å². The summed E-state index contributed by atoms with van der Waals surface area (Å²) < 4.78 is 18.9. The number of benzene rings is 1. The second-order valence-electron chi connectivity index (χ2n) is 3.83. The number of carbonyl (C=O) groups excluding carboxylic acids is 1. The molecule has 1 aromatic carbocycles. The van der Waals surface area contributed by atoms with Crippen LogP contribution in [0, 0.1) is 5.82 Å². The Morgan fingerprint density at radius 2 is 2.00 bits per heavy atom. The van der Waals surface area contributed by atoms with Crippen molar-refractivity contribution in [3.63, 3.8) is 0 Å². The van der Waals surface area contributed by atoms with E-state index in [-0.39, 0.29) is 5.82 Å². The number of ether oxygens (including phenoxy) is 1. The second-order valence-corrected chi connectivity index (χ2v) is 3.83. The molecule has 1 saturated heterocycles. The van der Waals surface area contributed by atoms with Crippen LogP contribution in [-0.4, -0.2) is 19.3 Å². The van der Waals surface area contributed by atoms with E-state index < -0.39 is 5.54 Å². The molecule has 0 unspecified atom stereocenters. The zero-order chi connectivity index (χ0) is 11.4. The van der Waals surface area contributed by atoms with Crippen molar-refractivity contribution in [1.29, 1.82) is 0 Å². The van der Waals surface area contributed by atoms with E-state index in [1.807, 2.05) is 0 Å². The van der Waals surface area contributed by atoms with E-state index >= 15 is 0 Å². The molecule has 3 nitrogen and oxygen atoms in total. The van der Waals surface area contributed by atoms with E-state index in [2.05, 4.69) is 4.99 Å². The normalized spacial score (nSPS) is 18.8. The third-order valence-corrected chi connectivity index (χ3v) is 2.95. The lowest BCUT2D eigenvalue weighted by molar-refractivity contribution is 0.0519. The Hall–Kier alpha value is -1.51. The highest BCUT2D eigenvalue weighted by Crippen LogP contribution is 2.37. The number of hydrogen-bond acceptors (Lipinski definition) is 3. The Labute approximate surface area is 93.0 Å². The summed E-state index contributed by atoms with van der Waals surface area (Å²) in [5.41, 5.74) is -0.327. The average Bonchev–Trinajstić information content (AvgIpc) is 2.31. The fourth-order valence-corrected chi connectivity index (χ4v) is 2.08. The van der Waals surface area contributed by atoms with Gasteiger partial charge in [0.15, 0.2) is 0 Å². The first-order chi connectivity index (χ1) is 7.78. The predicted molar refractivity (Wildman–Crippen MR) is 56.3 cm³/mol. The fraction of sp³-hybridized carbons (Fsp3) is 0.417. The van der Waals surface area contributed by atoms with Crippen molar-refractivity contribution in [3.8, 4) is 0 Å². The van der Waals surface area contributed by atoms with Gasteiger partial charge in [-0.05, 0) is 6.07 Å². The van der Waals surface area contributed by atoms with Crippen LogP contribution in [0.3, 0.4) is 0 Å². The van der Waals surface area contributed by atoms with E-state index in [0.717, 1.165) is 0 Å². The maximum Gasteiger partial charge on any atom is 0.235 e. The molecule has 2 rings (SSSR count). The van der Waals surface area contributed by atoms with Gasteiger partial charge in [-0.2, -0.15) is 4.99 Å². The van der Waals surface area contributed by atoms with Gasteiger partial charge in [0.25, 0.3) is 0 Å². The number of rotatable bonds is 2. The maximum absolute atomic E-state index is 13.7. The van der Waals surface area contributed by atoms with Gasteiger partial charge in [-0.15, -0.1) is 0 Å². The summed E-state index contributed by atoms with van der Waals surface area (Å²) in [6, 6.07) is 6.42. The van der Waals surface area contributed by atoms with Crippen LogP contribution in [0.15, 0.2) is 29.3 Å². The Balaban J connectivity index is 2.46. The molecule has 0 amide bonds. The van der Waals surface area contributed by atoms with Gasteiger partial charge < -0.3 is 4.74 Å². The standard InChI is InChI=1S/C12H12FNO2/c13-11-4-2-1-3-10(11)12(14-9-15)5-7-16-8-6-12/h1-4H,5-8H2. The molecule has 4 heteroatoms. The molecular formula is C12H12FNO2. The molecule has 0 atom stereocenters. The van der Waals surface area contributed by atoms with Gasteiger partial charge in [-0.1, -0.05) is 18.2 Å². The average molecular weight is 221 g/mol. The first kappa shape index (κ1) is 11.0. The lowest BCUT2D eigenvalue weighted by atomic mass is 9.83. The van der Waals surface area contributed by atoms with Crippen LogP contribution in [0.25, 0.3) is 0 Å². The number of isocyanates is 1. The smallest absolute Gasteiger partial charge is 0.235 e. The molecule has 0 aliphatic carbocycles. The lowest BCUT2D eigenvalue weighted by Crippen LogP contribution is -2.32. The first-order valence-electron chi connectivity index (χ1n) is 5.20. The molecule has 1 fully saturated rings. The minimum atomic E-state index is -0.786. The van der Waals surface area contributed by atoms with Gasteiger partial charge in [0.1, 0.15) is 11.4 Å². The van der Waals surface area contributed by atoms with Crippen LogP contribution < -0.4 is 0 Å². The number of aliphatic imine (C=N–C) groups is 1. The van der Waals surface area contributed by atoms with Crippen molar-refractivity contribution in [2.45, 2.75) is 18.4 Å². The molecule has 1 heterocycles. The SMILES string of the molecule is O=C=NC1(c2ccccc2F)CCOCC1. The van der Waals surface area contributed by atoms with Gasteiger partial charge in [-0.25, -0.2) is 9.18 Å². The first-order valence-corrected chi connectivity index (χ1v) is 5.20. The molecule has 0 spiro atoms. The fourth-order valence-electron chi connectivity index (χ4n) is 2.08. The summed E-state index contributed by atoms with van der Waals surface area (Å²) in [5, 5.41) is 0. The maximum atomic E-state index is 13.7. The van der Waals surface area contributed by atoms with Crippen molar-refractivity contribution in [3.05, 3.63) is 35.6 Å². The Bertz CT molecular complexity index is 421. The minimum Gasteiger partial charge on any atom is -0.381 e. The Morgan fingerprint density at radius 1 is 1.31 bits per heavy atom. The van der Waals surface area contributed by atoms with Gasteiger partial charge in [-0.3, -0.25) is 0 Å². The molecule has 16 heavy (non-hydrogen) atoms. The molecular weight excluding hydrogens is 209 g/mol. The molecule has 0 saturated carbocycles.